The number of rotatable bonds is 4. The second-order valence-electron chi connectivity index (χ2n) is 5.66. The van der Waals surface area contributed by atoms with Crippen molar-refractivity contribution in [2.24, 2.45) is 5.73 Å². The van der Waals surface area contributed by atoms with Crippen molar-refractivity contribution in [2.75, 3.05) is 37.7 Å². The highest BCUT2D eigenvalue weighted by Crippen LogP contribution is 2.26. The number of aromatic nitrogens is 1. The Hall–Kier alpha value is -1.65. The lowest BCUT2D eigenvalue weighted by molar-refractivity contribution is 0.122. The maximum absolute atomic E-state index is 5.69. The molecule has 0 bridgehead atoms. The van der Waals surface area contributed by atoms with E-state index in [2.05, 4.69) is 36.1 Å². The minimum atomic E-state index is 0.717. The Labute approximate surface area is 125 Å². The van der Waals surface area contributed by atoms with Crippen molar-refractivity contribution in [3.05, 3.63) is 35.4 Å². The van der Waals surface area contributed by atoms with Crippen molar-refractivity contribution in [3.63, 3.8) is 0 Å². The molecule has 0 unspecified atom stereocenters. The molecule has 2 aromatic rings. The molecule has 1 aliphatic heterocycles. The minimum absolute atomic E-state index is 0.717. The van der Waals surface area contributed by atoms with Crippen LogP contribution in [0.3, 0.4) is 0 Å². The van der Waals surface area contributed by atoms with Gasteiger partial charge in [-0.05, 0) is 50.1 Å². The van der Waals surface area contributed by atoms with E-state index in [4.69, 9.17) is 15.5 Å². The van der Waals surface area contributed by atoms with Crippen LogP contribution in [-0.2, 0) is 11.2 Å². The van der Waals surface area contributed by atoms with Gasteiger partial charge in [0.2, 0.25) is 0 Å². The summed E-state index contributed by atoms with van der Waals surface area (Å²) in [5, 5.41) is 1.22. The average molecular weight is 285 g/mol. The third kappa shape index (κ3) is 3.17. The number of ether oxygens (including phenoxy) is 1. The molecule has 0 saturated carbocycles. The molecule has 0 atom stereocenters. The van der Waals surface area contributed by atoms with Crippen LogP contribution >= 0.6 is 0 Å². The predicted molar refractivity (Wildman–Crippen MR) is 86.9 cm³/mol. The van der Waals surface area contributed by atoms with Gasteiger partial charge in [0.05, 0.1) is 18.7 Å². The van der Waals surface area contributed by atoms with Gasteiger partial charge in [-0.15, -0.1) is 0 Å². The molecule has 0 spiro atoms. The third-order valence-corrected chi connectivity index (χ3v) is 3.99. The molecule has 0 amide bonds. The summed E-state index contributed by atoms with van der Waals surface area (Å²) in [4.78, 5) is 7.26. The highest BCUT2D eigenvalue weighted by molar-refractivity contribution is 5.82. The number of hydrogen-bond acceptors (Lipinski definition) is 4. The van der Waals surface area contributed by atoms with Crippen molar-refractivity contribution in [1.29, 1.82) is 0 Å². The van der Waals surface area contributed by atoms with Crippen molar-refractivity contribution in [3.8, 4) is 0 Å². The monoisotopic (exact) mass is 285 g/mol. The zero-order valence-electron chi connectivity index (χ0n) is 12.6. The Morgan fingerprint density at radius 1 is 1.24 bits per heavy atom. The van der Waals surface area contributed by atoms with E-state index in [9.17, 15) is 0 Å². The molecule has 1 fully saturated rings. The summed E-state index contributed by atoms with van der Waals surface area (Å²) in [5.74, 6) is 1.11. The van der Waals surface area contributed by atoms with E-state index in [0.29, 0.717) is 6.54 Å². The number of fused-ring (bicyclic) bond motifs is 1. The number of aryl methyl sites for hydroxylation is 2. The van der Waals surface area contributed by atoms with Crippen LogP contribution in [0.1, 0.15) is 17.5 Å². The van der Waals surface area contributed by atoms with Gasteiger partial charge in [-0.25, -0.2) is 4.98 Å². The van der Waals surface area contributed by atoms with Crippen LogP contribution in [0.4, 0.5) is 5.82 Å². The highest BCUT2D eigenvalue weighted by atomic mass is 16.5. The van der Waals surface area contributed by atoms with Crippen molar-refractivity contribution in [1.82, 2.24) is 4.98 Å². The largest absolute Gasteiger partial charge is 0.378 e. The van der Waals surface area contributed by atoms with Gasteiger partial charge in [-0.2, -0.15) is 0 Å². The number of nitrogens with two attached hydrogens (primary N) is 1. The number of morpholine rings is 1. The molecular formula is C17H23N3O. The van der Waals surface area contributed by atoms with E-state index in [1.165, 1.54) is 16.5 Å². The molecule has 2 N–H and O–H groups in total. The molecule has 4 heteroatoms. The van der Waals surface area contributed by atoms with Gasteiger partial charge < -0.3 is 15.4 Å². The van der Waals surface area contributed by atoms with E-state index < -0.39 is 0 Å². The maximum atomic E-state index is 5.69. The van der Waals surface area contributed by atoms with E-state index in [1.54, 1.807) is 0 Å². The lowest BCUT2D eigenvalue weighted by atomic mass is 10.0. The van der Waals surface area contributed by atoms with E-state index >= 15 is 0 Å². The van der Waals surface area contributed by atoms with Crippen LogP contribution in [0.15, 0.2) is 24.3 Å². The van der Waals surface area contributed by atoms with Gasteiger partial charge in [0.25, 0.3) is 0 Å². The van der Waals surface area contributed by atoms with Gasteiger partial charge in [0.15, 0.2) is 0 Å². The second-order valence-corrected chi connectivity index (χ2v) is 5.66. The Morgan fingerprint density at radius 3 is 2.81 bits per heavy atom. The summed E-state index contributed by atoms with van der Waals surface area (Å²) in [5.41, 5.74) is 9.33. The first kappa shape index (κ1) is 14.3. The third-order valence-electron chi connectivity index (χ3n) is 3.99. The van der Waals surface area contributed by atoms with E-state index in [0.717, 1.165) is 50.5 Å². The molecule has 3 rings (SSSR count). The number of anilines is 1. The second kappa shape index (κ2) is 6.41. The van der Waals surface area contributed by atoms with Crippen molar-refractivity contribution < 1.29 is 4.74 Å². The molecule has 4 nitrogen and oxygen atoms in total. The Morgan fingerprint density at radius 2 is 2.05 bits per heavy atom. The number of pyridine rings is 1. The van der Waals surface area contributed by atoms with Crippen LogP contribution in [0, 0.1) is 6.92 Å². The minimum Gasteiger partial charge on any atom is -0.378 e. The zero-order chi connectivity index (χ0) is 14.7. The number of benzene rings is 1. The first-order valence-corrected chi connectivity index (χ1v) is 7.71. The molecular weight excluding hydrogens is 262 g/mol. The summed E-state index contributed by atoms with van der Waals surface area (Å²) in [6.45, 7) is 6.23. The van der Waals surface area contributed by atoms with Gasteiger partial charge in [0, 0.05) is 18.5 Å². The molecule has 1 aromatic carbocycles. The Balaban J connectivity index is 2.03. The molecule has 1 aliphatic rings. The smallest absolute Gasteiger partial charge is 0.132 e. The normalized spacial score (nSPS) is 15.6. The first-order chi connectivity index (χ1) is 10.3. The molecule has 1 aromatic heterocycles. The lowest BCUT2D eigenvalue weighted by Gasteiger charge is -2.30. The zero-order valence-corrected chi connectivity index (χ0v) is 12.6. The van der Waals surface area contributed by atoms with Crippen LogP contribution in [0.25, 0.3) is 10.9 Å². The molecule has 0 aliphatic carbocycles. The Bertz CT molecular complexity index is 621. The molecule has 0 radical (unpaired) electrons. The predicted octanol–water partition coefficient (Wildman–Crippen LogP) is 2.27. The molecule has 21 heavy (non-hydrogen) atoms. The van der Waals surface area contributed by atoms with E-state index in [1.807, 2.05) is 0 Å². The fourth-order valence-corrected chi connectivity index (χ4v) is 2.85. The summed E-state index contributed by atoms with van der Waals surface area (Å²) in [7, 11) is 0. The standard InChI is InChI=1S/C17H23N3O/c1-13-4-5-16-15(11-13)12-14(3-2-6-18)17(19-16)20-7-9-21-10-8-20/h4-5,11-12H,2-3,6-10,18H2,1H3. The van der Waals surface area contributed by atoms with Crippen molar-refractivity contribution in [2.45, 2.75) is 19.8 Å². The van der Waals surface area contributed by atoms with E-state index in [-0.39, 0.29) is 0 Å². The van der Waals surface area contributed by atoms with Gasteiger partial charge in [-0.3, -0.25) is 0 Å². The topological polar surface area (TPSA) is 51.4 Å². The van der Waals surface area contributed by atoms with Crippen LogP contribution in [-0.4, -0.2) is 37.8 Å². The summed E-state index contributed by atoms with van der Waals surface area (Å²) in [6.07, 6.45) is 1.98. The number of nitrogens with zero attached hydrogens (tertiary/aromatic N) is 2. The van der Waals surface area contributed by atoms with Gasteiger partial charge in [0.1, 0.15) is 5.82 Å². The SMILES string of the molecule is Cc1ccc2nc(N3CCOCC3)c(CCCN)cc2c1. The van der Waals surface area contributed by atoms with Crippen LogP contribution < -0.4 is 10.6 Å². The maximum Gasteiger partial charge on any atom is 0.132 e. The fourth-order valence-electron chi connectivity index (χ4n) is 2.85. The fraction of sp³-hybridized carbons (Fsp3) is 0.471. The molecule has 1 saturated heterocycles. The number of hydrogen-bond donors (Lipinski definition) is 1. The molecule has 112 valence electrons. The van der Waals surface area contributed by atoms with Gasteiger partial charge in [-0.1, -0.05) is 11.6 Å². The summed E-state index contributed by atoms with van der Waals surface area (Å²) in [6, 6.07) is 8.73. The first-order valence-electron chi connectivity index (χ1n) is 7.71. The van der Waals surface area contributed by atoms with Crippen molar-refractivity contribution >= 4 is 16.7 Å². The van der Waals surface area contributed by atoms with Gasteiger partial charge >= 0.3 is 0 Å². The Kier molecular flexibility index (Phi) is 4.36. The van der Waals surface area contributed by atoms with Crippen LogP contribution in [0.5, 0.6) is 0 Å². The quantitative estimate of drug-likeness (QED) is 0.936. The average Bonchev–Trinajstić information content (AvgIpc) is 2.52. The van der Waals surface area contributed by atoms with Crippen LogP contribution in [0.2, 0.25) is 0 Å². The summed E-state index contributed by atoms with van der Waals surface area (Å²) >= 11 is 0. The summed E-state index contributed by atoms with van der Waals surface area (Å²) < 4.78 is 5.46. The lowest BCUT2D eigenvalue weighted by Crippen LogP contribution is -2.37. The molecule has 2 heterocycles. The highest BCUT2D eigenvalue weighted by Gasteiger charge is 2.17.